The number of non-ortho nitro benzene ring substituents is 2. The first-order chi connectivity index (χ1) is 65.7. The molecule has 4 N–H and O–H groups in total. The Labute approximate surface area is 780 Å². The van der Waals surface area contributed by atoms with Crippen molar-refractivity contribution in [2.45, 2.75) is 193 Å². The first-order valence-electron chi connectivity index (χ1n) is 54.1. The fourth-order valence-electron chi connectivity index (χ4n) is 42.5. The van der Waals surface area contributed by atoms with E-state index in [-0.39, 0.29) is 32.3 Å². The fourth-order valence-corrected chi connectivity index (χ4v) is 42.5. The largest absolute Gasteiger partial charge is 0.399 e. The number of nitro benzene ring substituents is 2. The molecule has 2 aliphatic heterocycles. The second kappa shape index (κ2) is 28.1. The summed E-state index contributed by atoms with van der Waals surface area (Å²) < 4.78 is 3.46. The van der Waals surface area contributed by atoms with Gasteiger partial charge in [-0.2, -0.15) is 0 Å². The van der Waals surface area contributed by atoms with E-state index in [1.165, 1.54) is 160 Å². The van der Waals surface area contributed by atoms with Crippen molar-refractivity contribution in [3.05, 3.63) is 173 Å². The van der Waals surface area contributed by atoms with Crippen molar-refractivity contribution >= 4 is 142 Å². The predicted octanol–water partition coefficient (Wildman–Crippen LogP) is 25.2. The summed E-state index contributed by atoms with van der Waals surface area (Å²) in [6.07, 6.45) is 41.1. The van der Waals surface area contributed by atoms with Crippen molar-refractivity contribution in [1.29, 1.82) is 0 Å². The van der Waals surface area contributed by atoms with E-state index >= 15 is 9.59 Å². The minimum absolute atomic E-state index is 0.0470. The van der Waals surface area contributed by atoms with Crippen molar-refractivity contribution in [2.24, 2.45) is 189 Å². The Bertz CT molecular complexity index is 7530. The van der Waals surface area contributed by atoms with E-state index < -0.39 is 0 Å². The molecule has 16 nitrogen and oxygen atoms in total. The molecule has 18 fully saturated rings. The molecule has 20 atom stereocenters. The summed E-state index contributed by atoms with van der Waals surface area (Å²) in [6.45, 7) is 5.37. The highest BCUT2D eigenvalue weighted by Gasteiger charge is 2.70. The molecule has 16 saturated carbocycles. The number of hydrogen-bond acceptors (Lipinski definition) is 12. The van der Waals surface area contributed by atoms with Crippen LogP contribution < -0.4 is 22.6 Å². The van der Waals surface area contributed by atoms with Crippen LogP contribution in [-0.2, 0) is 13.1 Å². The van der Waals surface area contributed by atoms with E-state index in [4.69, 9.17) is 21.4 Å². The fraction of sp³-hybridized carbons (Fsp3) is 0.559. The van der Waals surface area contributed by atoms with Crippen molar-refractivity contribution in [3.8, 4) is 11.1 Å². The Balaban J connectivity index is 0.473. The predicted molar refractivity (Wildman–Crippen MR) is 533 cm³/mol. The van der Waals surface area contributed by atoms with Gasteiger partial charge in [0, 0.05) is 129 Å². The zero-order valence-corrected chi connectivity index (χ0v) is 77.2. The summed E-state index contributed by atoms with van der Waals surface area (Å²) in [7, 11) is 0. The highest BCUT2D eigenvalue weighted by molar-refractivity contribution is 6.28. The molecule has 2 saturated heterocycles. The van der Waals surface area contributed by atoms with Gasteiger partial charge in [0.2, 0.25) is 0 Å². The smallest absolute Gasteiger partial charge is 0.272 e. The van der Waals surface area contributed by atoms with Gasteiger partial charge in [-0.25, -0.2) is 9.97 Å². The van der Waals surface area contributed by atoms with Gasteiger partial charge in [0.05, 0.1) is 31.9 Å². The number of nitro groups is 2. The van der Waals surface area contributed by atoms with Crippen LogP contribution in [0, 0.1) is 210 Å². The quantitative estimate of drug-likeness (QED) is 0.0501. The minimum atomic E-state index is -0.350. The van der Waals surface area contributed by atoms with Crippen LogP contribution in [0.5, 0.6) is 0 Å². The van der Waals surface area contributed by atoms with Gasteiger partial charge >= 0.3 is 0 Å². The summed E-state index contributed by atoms with van der Waals surface area (Å²) in [6, 6.07) is 39.1. The summed E-state index contributed by atoms with van der Waals surface area (Å²) >= 11 is 0. The Hall–Kier alpha value is -9.64. The molecular weight excluding hydrogens is 1650 g/mol. The van der Waals surface area contributed by atoms with Gasteiger partial charge in [0.15, 0.2) is 0 Å². The third kappa shape index (κ3) is 10.3. The molecule has 20 unspecified atom stereocenters. The molecule has 16 aliphatic carbocycles. The molecule has 32 rings (SSSR count). The lowest BCUT2D eigenvalue weighted by Gasteiger charge is -2.71. The van der Waals surface area contributed by atoms with Gasteiger partial charge in [-0.05, 0) is 427 Å². The number of anilines is 2. The number of aromatic nitrogens is 4. The zero-order chi connectivity index (χ0) is 88.0. The van der Waals surface area contributed by atoms with Gasteiger partial charge in [-0.3, -0.25) is 48.4 Å². The van der Waals surface area contributed by atoms with E-state index in [1.54, 1.807) is 54.3 Å². The van der Waals surface area contributed by atoms with Crippen molar-refractivity contribution in [1.82, 2.24) is 28.6 Å². The van der Waals surface area contributed by atoms with Crippen LogP contribution in [0.1, 0.15) is 191 Å². The molecule has 18 aliphatic rings. The highest BCUT2D eigenvalue weighted by Crippen LogP contribution is 2.76. The molecular formula is C118H124N10O6. The van der Waals surface area contributed by atoms with Crippen molar-refractivity contribution < 1.29 is 9.85 Å². The van der Waals surface area contributed by atoms with E-state index in [1.807, 2.05) is 52.9 Å². The van der Waals surface area contributed by atoms with Gasteiger partial charge < -0.3 is 11.5 Å². The number of nitrogens with zero attached hydrogens (tertiary/aromatic N) is 8. The molecule has 0 radical (unpaired) electrons. The van der Waals surface area contributed by atoms with Gasteiger partial charge in [-0.15, -0.1) is 0 Å². The third-order valence-electron chi connectivity index (χ3n) is 45.4. The Morgan fingerprint density at radius 2 is 0.627 bits per heavy atom. The van der Waals surface area contributed by atoms with Crippen LogP contribution in [0.3, 0.4) is 0 Å². The number of nitrogen functional groups attached to an aromatic ring is 2. The zero-order valence-electron chi connectivity index (χ0n) is 77.2. The SMILES string of the molecule is Nc1ccc2c(c1)c(CN1CC3CCC4C5CCC6C7CCCC8CCCC(C9CCC(C%10CCC(C1)C3C4%10)C5C69)C87)c1cc(N)cc3c1c2nc1c2ccc(-c4ccc5c6c4cccc6c(=O)n4c6cc([N+](=O)[O-])cc7c(CN8CC9CCC%10C%11CCC%12C%13CCCC%14CCCC(C%15CCC(C%16CCC(C8)C9C%10%16)C%11C%12%15)C%14%13)c8cc([N+](=O)[O-])ccc8c(nc54)c76)c4cccc(c(=O)n31)c42. The number of hydrogen-bond donors (Lipinski definition) is 2. The van der Waals surface area contributed by atoms with Gasteiger partial charge in [0.25, 0.3) is 22.5 Å². The van der Waals surface area contributed by atoms with Crippen LogP contribution in [0.15, 0.2) is 131 Å². The van der Waals surface area contributed by atoms with Crippen LogP contribution in [0.25, 0.3) is 131 Å². The number of pyridine rings is 2. The van der Waals surface area contributed by atoms with Gasteiger partial charge in [-0.1, -0.05) is 93.8 Å². The summed E-state index contributed by atoms with van der Waals surface area (Å²) in [5.74, 6) is 29.3. The van der Waals surface area contributed by atoms with Crippen LogP contribution in [0.2, 0.25) is 0 Å². The molecule has 14 aromatic rings. The van der Waals surface area contributed by atoms with Crippen molar-refractivity contribution in [3.63, 3.8) is 0 Å². The molecule has 0 amide bonds. The average Bonchev–Trinajstić information content (AvgIpc) is 0.694. The summed E-state index contributed by atoms with van der Waals surface area (Å²) in [5.41, 5.74) is 22.0. The van der Waals surface area contributed by atoms with E-state index in [0.717, 1.165) is 263 Å². The number of likely N-dealkylation sites (tertiary alicyclic amines) is 2. The number of rotatable bonds is 7. The monoisotopic (exact) mass is 1780 g/mol. The molecule has 4 aromatic heterocycles. The first-order valence-corrected chi connectivity index (χ1v) is 54.1. The Morgan fingerprint density at radius 3 is 1.04 bits per heavy atom. The lowest BCUT2D eigenvalue weighted by Crippen LogP contribution is -2.66. The van der Waals surface area contributed by atoms with E-state index in [9.17, 15) is 20.2 Å². The lowest BCUT2D eigenvalue weighted by atomic mass is 9.34. The van der Waals surface area contributed by atoms with Crippen LogP contribution in [0.4, 0.5) is 22.7 Å². The van der Waals surface area contributed by atoms with Gasteiger partial charge in [0.1, 0.15) is 11.3 Å². The number of nitrogens with two attached hydrogens (primary N) is 2. The first kappa shape index (κ1) is 78.4. The summed E-state index contributed by atoms with van der Waals surface area (Å²) in [4.78, 5) is 75.5. The van der Waals surface area contributed by atoms with E-state index in [2.05, 4.69) is 58.3 Å². The third-order valence-corrected chi connectivity index (χ3v) is 45.4. The Kier molecular flexibility index (Phi) is 16.4. The van der Waals surface area contributed by atoms with Crippen LogP contribution in [-0.4, -0.2) is 64.6 Å². The Morgan fingerprint density at radius 1 is 0.291 bits per heavy atom. The molecule has 0 bridgehead atoms. The second-order valence-electron chi connectivity index (χ2n) is 49.2. The average molecular weight is 1780 g/mol. The molecule has 0 spiro atoms. The number of piperidine rings is 2. The molecule has 6 heterocycles. The highest BCUT2D eigenvalue weighted by atomic mass is 16.6. The lowest BCUT2D eigenvalue weighted by molar-refractivity contribution is -0.384. The van der Waals surface area contributed by atoms with E-state index in [0.29, 0.717) is 113 Å². The topological polar surface area (TPSA) is 214 Å². The maximum absolute atomic E-state index is 16.2. The van der Waals surface area contributed by atoms with Crippen LogP contribution >= 0.6 is 0 Å². The molecule has 134 heavy (non-hydrogen) atoms. The summed E-state index contributed by atoms with van der Waals surface area (Å²) in [5, 5.41) is 39.2. The molecule has 10 aromatic carbocycles. The number of fused-ring (bicyclic) bond motifs is 18. The maximum atomic E-state index is 16.2. The minimum Gasteiger partial charge on any atom is -0.399 e. The molecule has 682 valence electrons. The van der Waals surface area contributed by atoms with Crippen molar-refractivity contribution in [2.75, 3.05) is 37.6 Å². The standard InChI is InChI=1S/C118H124N10O6/c119-61-23-29-85-91(43-61)95(53-123-49-57-19-25-73-81-37-33-77-69-11-1-7-55-8-2-12-70(101(55)69)78-34-38-82(109(81)107(77)78)74-26-20-58(50-123)99(57)105(73)74)93-44-62(120)45-97-111(93)113(85)121-115-87-41-31-65(67-15-5-17-89(103(67)87)117(129)125(97)115)66-32-42-88-104-68(66)16-6-18-90(104)118(130)126-98-48-64(128(133)134)47-94-96(92-46-63(127(131)132)24-30-86(92)114(112(94)98)122-116(88)126)54-124-51-59-21-27-75-83-39-35-79-71-13-3-9-56-10-4-14-72(102(56)71)80-36-40-84(110(83)108(79)80)76-28-22-60(52-124)100(59)106(75)76/h5-6,15-18,23-24,29-32,41-48,55-60,69-84,99-102,105-110H,1-4,7-14,19-22,25-28,33-40,49-54,119-120H2. The normalized spacial score (nSPS) is 38.8. The number of benzene rings is 10. The molecule has 16 heteroatoms. The second-order valence-corrected chi connectivity index (χ2v) is 49.2. The maximum Gasteiger partial charge on any atom is 0.272 e.